The molecule has 0 aliphatic carbocycles. The molecule has 2 aromatic carbocycles. The Labute approximate surface area is 270 Å². The summed E-state index contributed by atoms with van der Waals surface area (Å²) in [6, 6.07) is 16.5. The minimum absolute atomic E-state index is 0.0999. The number of nitrogens with one attached hydrogen (secondary N) is 1. The number of anilines is 1. The molecule has 4 rings (SSSR count). The van der Waals surface area contributed by atoms with Crippen molar-refractivity contribution in [1.29, 1.82) is 0 Å². The number of nitrogens with zero attached hydrogens (tertiary/aromatic N) is 2. The average molecular weight is 658 g/mol. The zero-order chi connectivity index (χ0) is 32.6. The van der Waals surface area contributed by atoms with Gasteiger partial charge >= 0.3 is 0 Å². The Kier molecular flexibility index (Phi) is 12.2. The Hall–Kier alpha value is -3.29. The van der Waals surface area contributed by atoms with Gasteiger partial charge in [0, 0.05) is 43.9 Å². The maximum atomic E-state index is 14.3. The Bertz CT molecular complexity index is 1520. The monoisotopic (exact) mass is 657 g/mol. The Balaban J connectivity index is 1.65. The van der Waals surface area contributed by atoms with Crippen molar-refractivity contribution in [1.82, 2.24) is 9.21 Å². The smallest absolute Gasteiger partial charge is 0.258 e. The van der Waals surface area contributed by atoms with Crippen molar-refractivity contribution in [3.63, 3.8) is 0 Å². The Morgan fingerprint density at radius 3 is 2.58 bits per heavy atom. The van der Waals surface area contributed by atoms with Crippen molar-refractivity contribution in [2.45, 2.75) is 62.5 Å². The van der Waals surface area contributed by atoms with Crippen LogP contribution >= 0.6 is 11.3 Å². The third-order valence-corrected chi connectivity index (χ3v) is 11.1. The molecule has 3 aromatic rings. The number of sulfonamides is 1. The first kappa shape index (κ1) is 34.6. The first-order valence-corrected chi connectivity index (χ1v) is 17.5. The van der Waals surface area contributed by atoms with E-state index in [1.54, 1.807) is 71.8 Å². The maximum Gasteiger partial charge on any atom is 0.258 e. The molecule has 0 fully saturated rings. The summed E-state index contributed by atoms with van der Waals surface area (Å²) in [7, 11) is -2.17. The van der Waals surface area contributed by atoms with Gasteiger partial charge in [0.05, 0.1) is 30.4 Å². The van der Waals surface area contributed by atoms with E-state index in [4.69, 9.17) is 9.47 Å². The van der Waals surface area contributed by atoms with Crippen molar-refractivity contribution in [2.24, 2.45) is 5.92 Å². The molecule has 0 unspecified atom stereocenters. The minimum atomic E-state index is -3.71. The lowest BCUT2D eigenvalue weighted by Crippen LogP contribution is -2.48. The van der Waals surface area contributed by atoms with Crippen molar-refractivity contribution in [3.8, 4) is 5.75 Å². The second-order valence-electron chi connectivity index (χ2n) is 11.5. The van der Waals surface area contributed by atoms with Crippen molar-refractivity contribution >= 4 is 38.9 Å². The number of hydrogen-bond acceptors (Lipinski definition) is 8. The molecule has 0 bridgehead atoms. The Morgan fingerprint density at radius 1 is 1.13 bits per heavy atom. The zero-order valence-corrected chi connectivity index (χ0v) is 27.9. The van der Waals surface area contributed by atoms with Gasteiger partial charge in [-0.1, -0.05) is 31.2 Å². The molecule has 10 nitrogen and oxygen atoms in total. The normalized spacial score (nSPS) is 21.0. The number of thiophene rings is 1. The van der Waals surface area contributed by atoms with Crippen LogP contribution in [0.3, 0.4) is 0 Å². The minimum Gasteiger partial charge on any atom is -0.490 e. The molecule has 0 saturated carbocycles. The molecule has 12 heteroatoms. The topological polar surface area (TPSA) is 125 Å². The number of likely N-dealkylation sites (N-methyl/N-ethyl adjacent to an activating group) is 1. The highest BCUT2D eigenvalue weighted by Gasteiger charge is 2.32. The highest BCUT2D eigenvalue weighted by atomic mass is 32.2. The van der Waals surface area contributed by atoms with Crippen molar-refractivity contribution in [3.05, 3.63) is 77.2 Å². The average Bonchev–Trinajstić information content (AvgIpc) is 3.59. The molecule has 0 saturated heterocycles. The molecule has 4 atom stereocenters. The predicted octanol–water partition coefficient (Wildman–Crippen LogP) is 5.12. The van der Waals surface area contributed by atoms with Gasteiger partial charge < -0.3 is 24.8 Å². The standard InChI is InChI=1S/C33H43N3O7S2/c1-23-20-36(24(2)22-37)33(39)28-19-27(34-32(38)26-12-6-5-7-13-26)15-16-29(28)43-25(3)11-8-9-17-42-30(23)21-35(4)45(40,41)31-14-10-18-44-31/h5-7,10,12-16,18-19,23-25,30,37H,8-9,11,17,20-22H2,1-4H3,(H,34,38)/t23-,24-,25+,30+/m0/s1. The van der Waals surface area contributed by atoms with E-state index in [1.807, 2.05) is 19.9 Å². The molecular weight excluding hydrogens is 615 g/mol. The first-order chi connectivity index (χ1) is 21.5. The summed E-state index contributed by atoms with van der Waals surface area (Å²) in [6.07, 6.45) is 1.56. The van der Waals surface area contributed by atoms with Gasteiger partial charge in [0.25, 0.3) is 21.8 Å². The van der Waals surface area contributed by atoms with E-state index in [-0.39, 0.29) is 53.3 Å². The molecule has 2 heterocycles. The van der Waals surface area contributed by atoms with Gasteiger partial charge in [0.1, 0.15) is 9.96 Å². The van der Waals surface area contributed by atoms with E-state index in [9.17, 15) is 23.1 Å². The summed E-state index contributed by atoms with van der Waals surface area (Å²) in [6.45, 7) is 6.04. The van der Waals surface area contributed by atoms with Crippen LogP contribution in [0.15, 0.2) is 70.3 Å². The number of amides is 2. The van der Waals surface area contributed by atoms with Gasteiger partial charge in [0.15, 0.2) is 0 Å². The van der Waals surface area contributed by atoms with Crippen LogP contribution in [-0.2, 0) is 14.8 Å². The molecule has 1 aliphatic heterocycles. The van der Waals surface area contributed by atoms with Gasteiger partial charge in [0.2, 0.25) is 0 Å². The largest absolute Gasteiger partial charge is 0.490 e. The summed E-state index contributed by atoms with van der Waals surface area (Å²) in [5.74, 6) is -0.596. The van der Waals surface area contributed by atoms with E-state index >= 15 is 0 Å². The van der Waals surface area contributed by atoms with E-state index in [1.165, 1.54) is 11.4 Å². The zero-order valence-electron chi connectivity index (χ0n) is 26.2. The highest BCUT2D eigenvalue weighted by Crippen LogP contribution is 2.29. The van der Waals surface area contributed by atoms with Crippen LogP contribution in [0.5, 0.6) is 5.75 Å². The first-order valence-electron chi connectivity index (χ1n) is 15.2. The van der Waals surface area contributed by atoms with Gasteiger partial charge in [-0.2, -0.15) is 4.31 Å². The fourth-order valence-electron chi connectivity index (χ4n) is 5.17. The molecule has 2 amide bonds. The van der Waals surface area contributed by atoms with E-state index in [0.29, 0.717) is 30.0 Å². The third-order valence-electron chi connectivity index (χ3n) is 7.94. The van der Waals surface area contributed by atoms with E-state index in [0.717, 1.165) is 24.2 Å². The SMILES string of the molecule is C[C@@H]1CCCCO[C@H](CN(C)S(=O)(=O)c2cccs2)[C@@H](C)CN([C@@H](C)CO)C(=O)c2cc(NC(=O)c3ccccc3)ccc2O1. The summed E-state index contributed by atoms with van der Waals surface area (Å²) in [5.41, 5.74) is 1.17. The number of fused-ring (bicyclic) bond motifs is 1. The van der Waals surface area contributed by atoms with Crippen LogP contribution < -0.4 is 10.1 Å². The van der Waals surface area contributed by atoms with Gasteiger partial charge in [-0.15, -0.1) is 11.3 Å². The molecule has 1 aromatic heterocycles. The highest BCUT2D eigenvalue weighted by molar-refractivity contribution is 7.91. The molecule has 0 radical (unpaired) electrons. The van der Waals surface area contributed by atoms with Gasteiger partial charge in [-0.25, -0.2) is 8.42 Å². The van der Waals surface area contributed by atoms with Crippen LogP contribution in [0.25, 0.3) is 0 Å². The van der Waals surface area contributed by atoms with Crippen LogP contribution in [0.2, 0.25) is 0 Å². The predicted molar refractivity (Wildman–Crippen MR) is 175 cm³/mol. The van der Waals surface area contributed by atoms with Crippen LogP contribution in [0.4, 0.5) is 5.69 Å². The molecule has 0 spiro atoms. The van der Waals surface area contributed by atoms with Crippen LogP contribution in [-0.4, -0.2) is 86.1 Å². The summed E-state index contributed by atoms with van der Waals surface area (Å²) in [5, 5.41) is 14.8. The number of carbonyl (C=O) groups excluding carboxylic acids is 2. The summed E-state index contributed by atoms with van der Waals surface area (Å²) in [4.78, 5) is 28.7. The van der Waals surface area contributed by atoms with E-state index < -0.39 is 22.2 Å². The van der Waals surface area contributed by atoms with Gasteiger partial charge in [-0.05, 0) is 74.9 Å². The number of hydrogen-bond donors (Lipinski definition) is 2. The van der Waals surface area contributed by atoms with Crippen LogP contribution in [0.1, 0.15) is 60.7 Å². The fourth-order valence-corrected chi connectivity index (χ4v) is 7.56. The molecular formula is C33H43N3O7S2. The fraction of sp³-hybridized carbons (Fsp3) is 0.455. The van der Waals surface area contributed by atoms with Crippen molar-refractivity contribution < 1.29 is 32.6 Å². The third kappa shape index (κ3) is 8.92. The molecule has 1 aliphatic rings. The molecule has 244 valence electrons. The number of aliphatic hydroxyl groups is 1. The van der Waals surface area contributed by atoms with Gasteiger partial charge in [-0.3, -0.25) is 9.59 Å². The quantitative estimate of drug-likeness (QED) is 0.345. The summed E-state index contributed by atoms with van der Waals surface area (Å²) < 4.78 is 40.5. The van der Waals surface area contributed by atoms with Crippen molar-refractivity contribution in [2.75, 3.05) is 38.7 Å². The number of aliphatic hydroxyl groups excluding tert-OH is 1. The lowest BCUT2D eigenvalue weighted by Gasteiger charge is -2.35. The number of ether oxygens (including phenoxy) is 2. The molecule has 2 N–H and O–H groups in total. The second-order valence-corrected chi connectivity index (χ2v) is 14.8. The number of rotatable bonds is 8. The second kappa shape index (κ2) is 15.8. The lowest BCUT2D eigenvalue weighted by molar-refractivity contribution is -0.00832. The maximum absolute atomic E-state index is 14.3. The van der Waals surface area contributed by atoms with E-state index in [2.05, 4.69) is 5.32 Å². The molecule has 45 heavy (non-hydrogen) atoms. The van der Waals surface area contributed by atoms with Crippen LogP contribution in [0, 0.1) is 5.92 Å². The Morgan fingerprint density at radius 2 is 1.89 bits per heavy atom. The number of benzene rings is 2. The summed E-state index contributed by atoms with van der Waals surface area (Å²) >= 11 is 1.16. The number of carbonyl (C=O) groups is 2. The lowest BCUT2D eigenvalue weighted by atomic mass is 10.0.